The number of ether oxygens (including phenoxy) is 1. The minimum absolute atomic E-state index is 0.151. The average Bonchev–Trinajstić information content (AvgIpc) is 2.53. The predicted octanol–water partition coefficient (Wildman–Crippen LogP) is 3.00. The highest BCUT2D eigenvalue weighted by Gasteiger charge is 2.32. The monoisotopic (exact) mass is 244 g/mol. The van der Waals surface area contributed by atoms with E-state index in [-0.39, 0.29) is 22.4 Å². The highest BCUT2D eigenvalue weighted by atomic mass is 32.2. The molecule has 1 saturated heterocycles. The van der Waals surface area contributed by atoms with Crippen LogP contribution in [0, 0.1) is 5.82 Å². The zero-order valence-electron chi connectivity index (χ0n) is 8.39. The van der Waals surface area contributed by atoms with Crippen LogP contribution in [0.25, 0.3) is 0 Å². The maximum absolute atomic E-state index is 13.4. The largest absolute Gasteiger partial charge is 0.376 e. The molecule has 15 heavy (non-hydrogen) atoms. The second kappa shape index (κ2) is 4.76. The molecule has 0 amide bonds. The van der Waals surface area contributed by atoms with Gasteiger partial charge in [0.2, 0.25) is 0 Å². The van der Waals surface area contributed by atoms with Crippen molar-refractivity contribution in [2.45, 2.75) is 28.4 Å². The van der Waals surface area contributed by atoms with Crippen LogP contribution in [0.2, 0.25) is 0 Å². The predicted molar refractivity (Wildman–Crippen MR) is 64.2 cm³/mol. The lowest BCUT2D eigenvalue weighted by molar-refractivity contribution is 0.128. The lowest BCUT2D eigenvalue weighted by Gasteiger charge is -2.14. The van der Waals surface area contributed by atoms with Crippen LogP contribution >= 0.6 is 24.4 Å². The van der Waals surface area contributed by atoms with E-state index in [0.29, 0.717) is 11.5 Å². The molecule has 1 aliphatic rings. The molecular weight excluding hydrogens is 231 g/mol. The van der Waals surface area contributed by atoms with Crippen molar-refractivity contribution in [3.8, 4) is 0 Å². The minimum Gasteiger partial charge on any atom is -0.376 e. The van der Waals surface area contributed by atoms with Crippen molar-refractivity contribution in [2.75, 3.05) is 6.61 Å². The number of rotatable bonds is 2. The van der Waals surface area contributed by atoms with Crippen LogP contribution in [0.4, 0.5) is 4.39 Å². The van der Waals surface area contributed by atoms with Crippen molar-refractivity contribution in [1.29, 1.82) is 0 Å². The Hall–Kier alpha value is -0.190. The Labute approximate surface area is 98.8 Å². The first-order valence-electron chi connectivity index (χ1n) is 4.89. The first kappa shape index (κ1) is 11.3. The van der Waals surface area contributed by atoms with Gasteiger partial charge in [0.15, 0.2) is 0 Å². The zero-order chi connectivity index (χ0) is 10.8. The Morgan fingerprint density at radius 2 is 2.20 bits per heavy atom. The first-order valence-corrected chi connectivity index (χ1v) is 6.29. The molecule has 0 aromatic heterocycles. The van der Waals surface area contributed by atoms with Crippen LogP contribution in [-0.2, 0) is 4.74 Å². The molecule has 3 atom stereocenters. The normalized spacial score (nSPS) is 30.7. The van der Waals surface area contributed by atoms with Crippen LogP contribution in [0.3, 0.4) is 0 Å². The van der Waals surface area contributed by atoms with E-state index in [4.69, 9.17) is 4.74 Å². The van der Waals surface area contributed by atoms with Crippen molar-refractivity contribution in [3.63, 3.8) is 0 Å². The topological polar surface area (TPSA) is 9.23 Å². The van der Waals surface area contributed by atoms with Crippen LogP contribution in [0.5, 0.6) is 0 Å². The molecule has 1 aliphatic heterocycles. The van der Waals surface area contributed by atoms with Gasteiger partial charge in [0.05, 0.1) is 12.7 Å². The molecule has 0 aliphatic carbocycles. The number of halogens is 1. The van der Waals surface area contributed by atoms with Crippen molar-refractivity contribution in [1.82, 2.24) is 0 Å². The van der Waals surface area contributed by atoms with Gasteiger partial charge in [-0.15, -0.1) is 11.8 Å². The molecule has 1 nitrogen and oxygen atoms in total. The van der Waals surface area contributed by atoms with Gasteiger partial charge in [0.1, 0.15) is 5.82 Å². The molecule has 3 unspecified atom stereocenters. The summed E-state index contributed by atoms with van der Waals surface area (Å²) < 4.78 is 18.9. The molecular formula is C11H13FOS2. The van der Waals surface area contributed by atoms with E-state index in [1.54, 1.807) is 12.1 Å². The van der Waals surface area contributed by atoms with Crippen LogP contribution in [0.15, 0.2) is 29.2 Å². The summed E-state index contributed by atoms with van der Waals surface area (Å²) in [5.74, 6) is -0.164. The van der Waals surface area contributed by atoms with Gasteiger partial charge in [-0.2, -0.15) is 12.6 Å². The average molecular weight is 244 g/mol. The maximum atomic E-state index is 13.4. The second-order valence-electron chi connectivity index (χ2n) is 3.62. The van der Waals surface area contributed by atoms with Gasteiger partial charge in [-0.05, 0) is 19.1 Å². The van der Waals surface area contributed by atoms with Crippen LogP contribution < -0.4 is 0 Å². The molecule has 0 saturated carbocycles. The van der Waals surface area contributed by atoms with E-state index in [1.807, 2.05) is 13.0 Å². The first-order chi connectivity index (χ1) is 7.18. The van der Waals surface area contributed by atoms with Crippen LogP contribution in [0.1, 0.15) is 6.92 Å². The Bertz CT molecular complexity index is 345. The van der Waals surface area contributed by atoms with Crippen LogP contribution in [-0.4, -0.2) is 23.2 Å². The van der Waals surface area contributed by atoms with Gasteiger partial charge in [0.25, 0.3) is 0 Å². The number of thioether (sulfide) groups is 1. The smallest absolute Gasteiger partial charge is 0.136 e. The molecule has 1 aromatic carbocycles. The fourth-order valence-corrected chi connectivity index (χ4v) is 3.08. The molecule has 1 aromatic rings. The lowest BCUT2D eigenvalue weighted by Crippen LogP contribution is -2.19. The molecule has 0 spiro atoms. The van der Waals surface area contributed by atoms with E-state index in [1.165, 1.54) is 17.8 Å². The highest BCUT2D eigenvalue weighted by molar-refractivity contribution is 8.00. The third kappa shape index (κ3) is 2.49. The standard InChI is InChI=1S/C11H13FOS2/c1-7-11(14)10(6-13-7)15-9-5-3-2-4-8(9)12/h2-5,7,10-11,14H,6H2,1H3. The Morgan fingerprint density at radius 1 is 1.47 bits per heavy atom. The van der Waals surface area contributed by atoms with Gasteiger partial charge in [-0.25, -0.2) is 4.39 Å². The zero-order valence-corrected chi connectivity index (χ0v) is 10.1. The number of benzene rings is 1. The molecule has 82 valence electrons. The minimum atomic E-state index is -0.164. The molecule has 0 N–H and O–H groups in total. The van der Waals surface area contributed by atoms with E-state index >= 15 is 0 Å². The van der Waals surface area contributed by atoms with Crippen molar-refractivity contribution < 1.29 is 9.13 Å². The third-order valence-electron chi connectivity index (χ3n) is 2.50. The SMILES string of the molecule is CC1OCC(Sc2ccccc2F)C1S. The quantitative estimate of drug-likeness (QED) is 0.801. The summed E-state index contributed by atoms with van der Waals surface area (Å²) in [5, 5.41) is 0.412. The Morgan fingerprint density at radius 3 is 2.80 bits per heavy atom. The summed E-state index contributed by atoms with van der Waals surface area (Å²) >= 11 is 5.99. The fraction of sp³-hybridized carbons (Fsp3) is 0.455. The second-order valence-corrected chi connectivity index (χ2v) is 5.49. The Balaban J connectivity index is 2.07. The molecule has 1 fully saturated rings. The fourth-order valence-electron chi connectivity index (χ4n) is 1.55. The van der Waals surface area contributed by atoms with Gasteiger partial charge in [-0.3, -0.25) is 0 Å². The summed E-state index contributed by atoms with van der Waals surface area (Å²) in [5.41, 5.74) is 0. The molecule has 0 radical (unpaired) electrons. The summed E-state index contributed by atoms with van der Waals surface area (Å²) in [7, 11) is 0. The molecule has 4 heteroatoms. The van der Waals surface area contributed by atoms with Crippen molar-refractivity contribution in [2.24, 2.45) is 0 Å². The van der Waals surface area contributed by atoms with Gasteiger partial charge in [-0.1, -0.05) is 12.1 Å². The Kier molecular flexibility index (Phi) is 3.59. The van der Waals surface area contributed by atoms with Gasteiger partial charge >= 0.3 is 0 Å². The summed E-state index contributed by atoms with van der Waals surface area (Å²) in [6.07, 6.45) is 0.151. The van der Waals surface area contributed by atoms with E-state index in [0.717, 1.165) is 0 Å². The summed E-state index contributed by atoms with van der Waals surface area (Å²) in [6, 6.07) is 6.82. The van der Waals surface area contributed by atoms with Gasteiger partial charge < -0.3 is 4.74 Å². The molecule has 2 rings (SSSR count). The highest BCUT2D eigenvalue weighted by Crippen LogP contribution is 2.35. The summed E-state index contributed by atoms with van der Waals surface area (Å²) in [6.45, 7) is 2.65. The van der Waals surface area contributed by atoms with E-state index < -0.39 is 0 Å². The summed E-state index contributed by atoms with van der Waals surface area (Å²) in [4.78, 5) is 0.680. The van der Waals surface area contributed by atoms with E-state index in [2.05, 4.69) is 12.6 Å². The number of hydrogen-bond donors (Lipinski definition) is 1. The van der Waals surface area contributed by atoms with Crippen molar-refractivity contribution >= 4 is 24.4 Å². The number of thiol groups is 1. The van der Waals surface area contributed by atoms with Gasteiger partial charge in [0, 0.05) is 15.4 Å². The maximum Gasteiger partial charge on any atom is 0.136 e. The lowest BCUT2D eigenvalue weighted by atomic mass is 10.2. The molecule has 1 heterocycles. The number of hydrogen-bond acceptors (Lipinski definition) is 3. The van der Waals surface area contributed by atoms with E-state index in [9.17, 15) is 4.39 Å². The third-order valence-corrected chi connectivity index (χ3v) is 4.80. The molecule has 0 bridgehead atoms. The van der Waals surface area contributed by atoms with Crippen molar-refractivity contribution in [3.05, 3.63) is 30.1 Å².